The number of carbonyl (C=O) groups is 1. The van der Waals surface area contributed by atoms with E-state index in [9.17, 15) is 4.79 Å². The summed E-state index contributed by atoms with van der Waals surface area (Å²) in [4.78, 5) is 21.6. The summed E-state index contributed by atoms with van der Waals surface area (Å²) in [5.74, 6) is -0.402. The molecule has 1 saturated heterocycles. The van der Waals surface area contributed by atoms with Crippen molar-refractivity contribution >= 4 is 22.4 Å². The number of aromatic nitrogens is 1. The lowest BCUT2D eigenvalue weighted by Gasteiger charge is -2.38. The molecule has 0 saturated carbocycles. The van der Waals surface area contributed by atoms with Gasteiger partial charge in [0.25, 0.3) is 5.91 Å². The number of hydrogen-bond donors (Lipinski definition) is 1. The van der Waals surface area contributed by atoms with E-state index in [2.05, 4.69) is 28.6 Å². The molecule has 2 N–H and O–H groups in total. The van der Waals surface area contributed by atoms with Crippen molar-refractivity contribution in [3.8, 4) is 0 Å². The first-order valence-corrected chi connectivity index (χ1v) is 8.16. The minimum Gasteiger partial charge on any atom is -0.367 e. The van der Waals surface area contributed by atoms with Crippen LogP contribution in [-0.2, 0) is 16.1 Å². The third kappa shape index (κ3) is 3.72. The summed E-state index contributed by atoms with van der Waals surface area (Å²) in [5.41, 5.74) is 4.55. The Hall–Kier alpha value is -1.18. The Labute approximate surface area is 129 Å². The molecule has 0 radical (unpaired) electrons. The van der Waals surface area contributed by atoms with Crippen molar-refractivity contribution in [2.24, 2.45) is 5.73 Å². The highest BCUT2D eigenvalue weighted by molar-refractivity contribution is 7.15. The van der Waals surface area contributed by atoms with E-state index < -0.39 is 11.5 Å². The van der Waals surface area contributed by atoms with Crippen molar-refractivity contribution in [2.75, 3.05) is 37.7 Å². The van der Waals surface area contributed by atoms with Crippen LogP contribution >= 0.6 is 11.3 Å². The van der Waals surface area contributed by atoms with Crippen LogP contribution < -0.4 is 10.6 Å². The normalized spacial score (nSPS) is 23.2. The quantitative estimate of drug-likeness (QED) is 0.850. The van der Waals surface area contributed by atoms with Crippen LogP contribution in [0.4, 0.5) is 5.13 Å². The number of carbonyl (C=O) groups excluding carboxylic acids is 1. The van der Waals surface area contributed by atoms with Gasteiger partial charge in [-0.3, -0.25) is 9.69 Å². The van der Waals surface area contributed by atoms with Gasteiger partial charge in [0.1, 0.15) is 0 Å². The summed E-state index contributed by atoms with van der Waals surface area (Å²) >= 11 is 1.71. The van der Waals surface area contributed by atoms with E-state index in [1.54, 1.807) is 18.3 Å². The van der Waals surface area contributed by atoms with Crippen LogP contribution in [0, 0.1) is 0 Å². The molecule has 0 aliphatic carbocycles. The van der Waals surface area contributed by atoms with Crippen molar-refractivity contribution in [1.29, 1.82) is 0 Å². The average Bonchev–Trinajstić information content (AvgIpc) is 2.88. The third-order valence-electron chi connectivity index (χ3n) is 3.83. The first-order chi connectivity index (χ1) is 9.98. The van der Waals surface area contributed by atoms with Crippen LogP contribution in [0.15, 0.2) is 6.20 Å². The molecule has 21 heavy (non-hydrogen) atoms. The second-order valence-electron chi connectivity index (χ2n) is 5.44. The number of morpholine rings is 1. The van der Waals surface area contributed by atoms with E-state index in [4.69, 9.17) is 10.5 Å². The fraction of sp³-hybridized carbons (Fsp3) is 0.714. The van der Waals surface area contributed by atoms with Crippen LogP contribution in [0.5, 0.6) is 0 Å². The molecule has 1 amide bonds. The summed E-state index contributed by atoms with van der Waals surface area (Å²) in [7, 11) is 0. The summed E-state index contributed by atoms with van der Waals surface area (Å²) in [5, 5.41) is 1.06. The molecule has 1 aromatic rings. The molecule has 1 atom stereocenters. The first kappa shape index (κ1) is 16.2. The SMILES string of the molecule is CCN(CC)c1ncc(CN2CCO[C@](C)(C(N)=O)C2)s1. The Morgan fingerprint density at radius 2 is 2.29 bits per heavy atom. The third-order valence-corrected chi connectivity index (χ3v) is 4.87. The number of primary amides is 1. The molecule has 1 aromatic heterocycles. The van der Waals surface area contributed by atoms with E-state index in [1.807, 2.05) is 6.20 Å². The van der Waals surface area contributed by atoms with E-state index >= 15 is 0 Å². The monoisotopic (exact) mass is 312 g/mol. The molecule has 7 heteroatoms. The van der Waals surface area contributed by atoms with Crippen molar-refractivity contribution in [1.82, 2.24) is 9.88 Å². The number of rotatable bonds is 6. The largest absolute Gasteiger partial charge is 0.367 e. The van der Waals surface area contributed by atoms with Gasteiger partial charge in [0.15, 0.2) is 10.7 Å². The summed E-state index contributed by atoms with van der Waals surface area (Å²) in [6.07, 6.45) is 1.93. The number of thiazole rings is 1. The number of hydrogen-bond acceptors (Lipinski definition) is 6. The second-order valence-corrected chi connectivity index (χ2v) is 6.53. The maximum absolute atomic E-state index is 11.5. The van der Waals surface area contributed by atoms with Gasteiger partial charge in [-0.1, -0.05) is 0 Å². The van der Waals surface area contributed by atoms with Gasteiger partial charge in [0.2, 0.25) is 0 Å². The average molecular weight is 312 g/mol. The smallest absolute Gasteiger partial charge is 0.250 e. The van der Waals surface area contributed by atoms with E-state index in [0.29, 0.717) is 13.2 Å². The topological polar surface area (TPSA) is 71.7 Å². The first-order valence-electron chi connectivity index (χ1n) is 7.34. The number of ether oxygens (including phenoxy) is 1. The second kappa shape index (κ2) is 6.72. The summed E-state index contributed by atoms with van der Waals surface area (Å²) in [6, 6.07) is 0. The molecular formula is C14H24N4O2S. The molecule has 118 valence electrons. The molecule has 0 bridgehead atoms. The van der Waals surface area contributed by atoms with E-state index in [1.165, 1.54) is 4.88 Å². The van der Waals surface area contributed by atoms with E-state index in [0.717, 1.165) is 31.3 Å². The highest BCUT2D eigenvalue weighted by Crippen LogP contribution is 2.25. The molecular weight excluding hydrogens is 288 g/mol. The Kier molecular flexibility index (Phi) is 5.18. The summed E-state index contributed by atoms with van der Waals surface area (Å²) < 4.78 is 5.54. The van der Waals surface area contributed by atoms with Crippen LogP contribution in [0.25, 0.3) is 0 Å². The molecule has 2 heterocycles. The minimum absolute atomic E-state index is 0.402. The van der Waals surface area contributed by atoms with Gasteiger partial charge in [-0.05, 0) is 20.8 Å². The van der Waals surface area contributed by atoms with Crippen molar-refractivity contribution in [3.05, 3.63) is 11.1 Å². The lowest BCUT2D eigenvalue weighted by molar-refractivity contribution is -0.153. The zero-order valence-corrected chi connectivity index (χ0v) is 13.8. The van der Waals surface area contributed by atoms with Crippen LogP contribution in [-0.4, -0.2) is 54.2 Å². The Bertz CT molecular complexity index is 489. The van der Waals surface area contributed by atoms with Gasteiger partial charge in [0, 0.05) is 43.8 Å². The van der Waals surface area contributed by atoms with Crippen LogP contribution in [0.2, 0.25) is 0 Å². The molecule has 6 nitrogen and oxygen atoms in total. The predicted octanol–water partition coefficient (Wildman–Crippen LogP) is 1.07. The van der Waals surface area contributed by atoms with Crippen LogP contribution in [0.1, 0.15) is 25.6 Å². The van der Waals surface area contributed by atoms with Crippen molar-refractivity contribution in [2.45, 2.75) is 32.9 Å². The maximum Gasteiger partial charge on any atom is 0.250 e. The fourth-order valence-corrected chi connectivity index (χ4v) is 3.55. The maximum atomic E-state index is 11.5. The molecule has 0 aromatic carbocycles. The molecule has 0 unspecified atom stereocenters. The van der Waals surface area contributed by atoms with Gasteiger partial charge >= 0.3 is 0 Å². The number of amides is 1. The van der Waals surface area contributed by atoms with Crippen molar-refractivity contribution < 1.29 is 9.53 Å². The predicted molar refractivity (Wildman–Crippen MR) is 84.5 cm³/mol. The van der Waals surface area contributed by atoms with E-state index in [-0.39, 0.29) is 0 Å². The molecule has 1 fully saturated rings. The Morgan fingerprint density at radius 3 is 2.90 bits per heavy atom. The lowest BCUT2D eigenvalue weighted by atomic mass is 10.0. The molecule has 2 rings (SSSR count). The zero-order chi connectivity index (χ0) is 15.5. The highest BCUT2D eigenvalue weighted by Gasteiger charge is 2.37. The standard InChI is InChI=1S/C14H24N4O2S/c1-4-18(5-2)13-16-8-11(21-13)9-17-6-7-20-14(3,10-17)12(15)19/h8H,4-7,9-10H2,1-3H3,(H2,15,19)/t14-/m0/s1. The molecule has 1 aliphatic rings. The van der Waals surface area contributed by atoms with Gasteiger partial charge in [-0.15, -0.1) is 11.3 Å². The van der Waals surface area contributed by atoms with Gasteiger partial charge in [-0.25, -0.2) is 4.98 Å². The highest BCUT2D eigenvalue weighted by atomic mass is 32.1. The minimum atomic E-state index is -0.884. The number of nitrogens with zero attached hydrogens (tertiary/aromatic N) is 3. The Balaban J connectivity index is 2.00. The number of nitrogens with two attached hydrogens (primary N) is 1. The Morgan fingerprint density at radius 1 is 1.57 bits per heavy atom. The molecule has 0 spiro atoms. The van der Waals surface area contributed by atoms with Crippen LogP contribution in [0.3, 0.4) is 0 Å². The van der Waals surface area contributed by atoms with Crippen molar-refractivity contribution in [3.63, 3.8) is 0 Å². The fourth-order valence-electron chi connectivity index (χ4n) is 2.47. The molecule has 1 aliphatic heterocycles. The van der Waals surface area contributed by atoms with Gasteiger partial charge in [-0.2, -0.15) is 0 Å². The van der Waals surface area contributed by atoms with Gasteiger partial charge < -0.3 is 15.4 Å². The number of anilines is 1. The summed E-state index contributed by atoms with van der Waals surface area (Å²) in [6.45, 7) is 10.6. The zero-order valence-electron chi connectivity index (χ0n) is 13.0. The lowest BCUT2D eigenvalue weighted by Crippen LogP contribution is -2.56. The van der Waals surface area contributed by atoms with Gasteiger partial charge in [0.05, 0.1) is 6.61 Å².